The number of benzene rings is 1. The molecule has 2 aliphatic rings. The molecular weight excluding hydrogens is 394 g/mol. The summed E-state index contributed by atoms with van der Waals surface area (Å²) in [6.07, 6.45) is 7.72. The largest absolute Gasteiger partial charge is 0.337 e. The van der Waals surface area contributed by atoms with Crippen LogP contribution in [0.3, 0.4) is 0 Å². The van der Waals surface area contributed by atoms with Gasteiger partial charge >= 0.3 is 0 Å². The summed E-state index contributed by atoms with van der Waals surface area (Å²) in [7, 11) is 0. The second kappa shape index (κ2) is 10.0. The first-order valence-corrected chi connectivity index (χ1v) is 11.7. The molecule has 2 aromatic rings. The fourth-order valence-corrected chi connectivity index (χ4v) is 5.00. The maximum atomic E-state index is 13.3. The summed E-state index contributed by atoms with van der Waals surface area (Å²) in [5, 5.41) is 4.84. The number of nitrogens with one attached hydrogen (secondary N) is 1. The Balaban J connectivity index is 1.44. The molecule has 6 heteroatoms. The SMILES string of the molecule is O=C(NC(=Cc1cccs1)C(=O)N1CCC(N2CCCCC2)CC1)c1ccccc1. The highest BCUT2D eigenvalue weighted by Gasteiger charge is 2.29. The average molecular weight is 424 g/mol. The normalized spacial score (nSPS) is 18.9. The van der Waals surface area contributed by atoms with E-state index in [1.807, 2.05) is 40.6 Å². The predicted molar refractivity (Wildman–Crippen MR) is 121 cm³/mol. The maximum Gasteiger partial charge on any atom is 0.270 e. The van der Waals surface area contributed by atoms with Crippen molar-refractivity contribution in [2.45, 2.75) is 38.1 Å². The van der Waals surface area contributed by atoms with Gasteiger partial charge in [0.05, 0.1) is 0 Å². The van der Waals surface area contributed by atoms with Gasteiger partial charge in [-0.25, -0.2) is 0 Å². The lowest BCUT2D eigenvalue weighted by atomic mass is 9.99. The Morgan fingerprint density at radius 3 is 2.33 bits per heavy atom. The molecule has 1 aromatic carbocycles. The van der Waals surface area contributed by atoms with E-state index in [4.69, 9.17) is 0 Å². The van der Waals surface area contributed by atoms with Crippen molar-refractivity contribution in [1.29, 1.82) is 0 Å². The second-order valence-corrected chi connectivity index (χ2v) is 8.99. The Kier molecular flexibility index (Phi) is 6.97. The molecule has 2 amide bonds. The third-order valence-corrected chi connectivity index (χ3v) is 6.82. The van der Waals surface area contributed by atoms with Gasteiger partial charge in [0.15, 0.2) is 0 Å². The molecule has 1 N–H and O–H groups in total. The van der Waals surface area contributed by atoms with Crippen molar-refractivity contribution >= 4 is 29.2 Å². The Hall–Kier alpha value is -2.44. The Morgan fingerprint density at radius 1 is 0.933 bits per heavy atom. The number of amides is 2. The fourth-order valence-electron chi connectivity index (χ4n) is 4.34. The van der Waals surface area contributed by atoms with Gasteiger partial charge in [0.2, 0.25) is 0 Å². The lowest BCUT2D eigenvalue weighted by molar-refractivity contribution is -0.129. The molecule has 3 heterocycles. The van der Waals surface area contributed by atoms with Crippen molar-refractivity contribution in [1.82, 2.24) is 15.1 Å². The first-order chi connectivity index (χ1) is 14.7. The number of hydrogen-bond acceptors (Lipinski definition) is 4. The highest BCUT2D eigenvalue weighted by atomic mass is 32.1. The van der Waals surface area contributed by atoms with Crippen molar-refractivity contribution in [3.05, 3.63) is 64.0 Å². The van der Waals surface area contributed by atoms with E-state index in [9.17, 15) is 9.59 Å². The lowest BCUT2D eigenvalue weighted by Crippen LogP contribution is -2.49. The van der Waals surface area contributed by atoms with Crippen molar-refractivity contribution in [2.24, 2.45) is 0 Å². The van der Waals surface area contributed by atoms with Crippen LogP contribution in [-0.2, 0) is 4.79 Å². The molecule has 2 saturated heterocycles. The number of hydrogen-bond donors (Lipinski definition) is 1. The van der Waals surface area contributed by atoms with Crippen LogP contribution >= 0.6 is 11.3 Å². The molecule has 158 valence electrons. The number of rotatable bonds is 5. The minimum absolute atomic E-state index is 0.0928. The highest BCUT2D eigenvalue weighted by Crippen LogP contribution is 2.22. The van der Waals surface area contributed by atoms with Gasteiger partial charge in [-0.3, -0.25) is 9.59 Å². The van der Waals surface area contributed by atoms with Crippen LogP contribution < -0.4 is 5.32 Å². The van der Waals surface area contributed by atoms with Crippen LogP contribution in [0.5, 0.6) is 0 Å². The molecule has 5 nitrogen and oxygen atoms in total. The molecule has 30 heavy (non-hydrogen) atoms. The number of piperidine rings is 2. The van der Waals surface area contributed by atoms with Gasteiger partial charge in [0.1, 0.15) is 5.70 Å². The van der Waals surface area contributed by atoms with Crippen LogP contribution in [0.2, 0.25) is 0 Å². The molecule has 4 rings (SSSR count). The molecule has 0 bridgehead atoms. The van der Waals surface area contributed by atoms with Crippen molar-refractivity contribution in [3.8, 4) is 0 Å². The Morgan fingerprint density at radius 2 is 1.67 bits per heavy atom. The van der Waals surface area contributed by atoms with Gasteiger partial charge in [-0.15, -0.1) is 11.3 Å². The molecule has 2 fully saturated rings. The fraction of sp³-hybridized carbons (Fsp3) is 0.417. The van der Waals surface area contributed by atoms with Crippen molar-refractivity contribution < 1.29 is 9.59 Å². The Labute approximate surface area is 182 Å². The number of carbonyl (C=O) groups is 2. The van der Waals surface area contributed by atoms with E-state index in [0.29, 0.717) is 17.3 Å². The first kappa shape index (κ1) is 20.8. The number of likely N-dealkylation sites (tertiary alicyclic amines) is 2. The van der Waals surface area contributed by atoms with Crippen LogP contribution in [0.4, 0.5) is 0 Å². The summed E-state index contributed by atoms with van der Waals surface area (Å²) >= 11 is 1.55. The third kappa shape index (κ3) is 5.18. The molecule has 0 saturated carbocycles. The van der Waals surface area contributed by atoms with E-state index in [-0.39, 0.29) is 11.8 Å². The van der Waals surface area contributed by atoms with Gasteiger partial charge in [-0.2, -0.15) is 0 Å². The van der Waals surface area contributed by atoms with E-state index in [1.165, 1.54) is 32.4 Å². The Bertz CT molecular complexity index is 865. The van der Waals surface area contributed by atoms with E-state index in [0.717, 1.165) is 30.8 Å². The molecule has 2 aliphatic heterocycles. The van der Waals surface area contributed by atoms with Crippen molar-refractivity contribution in [2.75, 3.05) is 26.2 Å². The molecule has 0 aliphatic carbocycles. The molecule has 1 aromatic heterocycles. The summed E-state index contributed by atoms with van der Waals surface area (Å²) in [5.74, 6) is -0.347. The minimum Gasteiger partial charge on any atom is -0.337 e. The molecule has 0 unspecified atom stereocenters. The molecule has 0 atom stereocenters. The third-order valence-electron chi connectivity index (χ3n) is 6.00. The van der Waals surface area contributed by atoms with Gasteiger partial charge in [-0.05, 0) is 68.4 Å². The van der Waals surface area contributed by atoms with E-state index >= 15 is 0 Å². The zero-order valence-electron chi connectivity index (χ0n) is 17.3. The van der Waals surface area contributed by atoms with Gasteiger partial charge in [0, 0.05) is 29.6 Å². The number of nitrogens with zero attached hydrogens (tertiary/aromatic N) is 2. The summed E-state index contributed by atoms with van der Waals surface area (Å²) in [5.41, 5.74) is 0.897. The molecular formula is C24H29N3O2S. The van der Waals surface area contributed by atoms with Crippen LogP contribution in [0.1, 0.15) is 47.3 Å². The van der Waals surface area contributed by atoms with Crippen molar-refractivity contribution in [3.63, 3.8) is 0 Å². The highest BCUT2D eigenvalue weighted by molar-refractivity contribution is 7.10. The second-order valence-electron chi connectivity index (χ2n) is 8.01. The summed E-state index contributed by atoms with van der Waals surface area (Å²) < 4.78 is 0. The summed E-state index contributed by atoms with van der Waals surface area (Å²) in [4.78, 5) is 31.5. The lowest BCUT2D eigenvalue weighted by Gasteiger charge is -2.40. The summed E-state index contributed by atoms with van der Waals surface area (Å²) in [6.45, 7) is 3.86. The topological polar surface area (TPSA) is 52.7 Å². The minimum atomic E-state index is -0.255. The molecule has 0 radical (unpaired) electrons. The van der Waals surface area contributed by atoms with Crippen LogP contribution in [0.25, 0.3) is 6.08 Å². The monoisotopic (exact) mass is 423 g/mol. The average Bonchev–Trinajstić information content (AvgIpc) is 3.32. The number of carbonyl (C=O) groups excluding carboxylic acids is 2. The summed E-state index contributed by atoms with van der Waals surface area (Å²) in [6, 6.07) is 13.5. The van der Waals surface area contributed by atoms with E-state index in [2.05, 4.69) is 10.2 Å². The molecule has 0 spiro atoms. The van der Waals surface area contributed by atoms with Gasteiger partial charge < -0.3 is 15.1 Å². The van der Waals surface area contributed by atoms with Crippen LogP contribution in [-0.4, -0.2) is 53.8 Å². The zero-order chi connectivity index (χ0) is 20.8. The van der Waals surface area contributed by atoms with Gasteiger partial charge in [0.25, 0.3) is 11.8 Å². The smallest absolute Gasteiger partial charge is 0.270 e. The maximum absolute atomic E-state index is 13.3. The van der Waals surface area contributed by atoms with E-state index < -0.39 is 0 Å². The number of thiophene rings is 1. The predicted octanol–water partition coefficient (Wildman–Crippen LogP) is 4.00. The standard InChI is InChI=1S/C24H29N3O2S/c28-23(19-8-3-1-4-9-19)25-22(18-21-10-7-17-30-21)24(29)27-15-11-20(12-16-27)26-13-5-2-6-14-26/h1,3-4,7-10,17-18,20H,2,5-6,11-16H2,(H,25,28). The quantitative estimate of drug-likeness (QED) is 0.740. The zero-order valence-corrected chi connectivity index (χ0v) is 18.1. The van der Waals surface area contributed by atoms with Crippen LogP contribution in [0.15, 0.2) is 53.5 Å². The first-order valence-electron chi connectivity index (χ1n) is 10.9. The van der Waals surface area contributed by atoms with E-state index in [1.54, 1.807) is 29.5 Å². The van der Waals surface area contributed by atoms with Gasteiger partial charge in [-0.1, -0.05) is 30.7 Å². The van der Waals surface area contributed by atoms with Crippen LogP contribution in [0, 0.1) is 0 Å².